The Morgan fingerprint density at radius 3 is 2.61 bits per heavy atom. The van der Waals surface area contributed by atoms with E-state index in [4.69, 9.17) is 9.52 Å². The number of nitrogens with zero attached hydrogens (tertiary/aromatic N) is 1. The van der Waals surface area contributed by atoms with Crippen molar-refractivity contribution >= 4 is 17.7 Å². The summed E-state index contributed by atoms with van der Waals surface area (Å²) in [4.78, 5) is 13.2. The first-order valence-electron chi connectivity index (χ1n) is 6.21. The van der Waals surface area contributed by atoms with Crippen LogP contribution in [0.25, 0.3) is 0 Å². The van der Waals surface area contributed by atoms with Crippen LogP contribution in [0.4, 0.5) is 0 Å². The second kappa shape index (κ2) is 7.48. The normalized spacial score (nSPS) is 11.1. The third-order valence-corrected chi connectivity index (χ3v) is 3.85. The van der Waals surface area contributed by atoms with E-state index in [1.54, 1.807) is 24.8 Å². The Labute approximate surface area is 112 Å². The van der Waals surface area contributed by atoms with Gasteiger partial charge in [-0.25, -0.2) is 4.79 Å². The summed E-state index contributed by atoms with van der Waals surface area (Å²) in [6.07, 6.45) is 0. The van der Waals surface area contributed by atoms with Crippen molar-refractivity contribution in [3.8, 4) is 0 Å². The van der Waals surface area contributed by atoms with Gasteiger partial charge in [-0.2, -0.15) is 11.8 Å². The highest BCUT2D eigenvalue weighted by molar-refractivity contribution is 7.98. The molecule has 4 nitrogen and oxygen atoms in total. The molecule has 0 spiro atoms. The second-order valence-corrected chi connectivity index (χ2v) is 5.17. The number of furan rings is 1. The van der Waals surface area contributed by atoms with Crippen molar-refractivity contribution in [3.63, 3.8) is 0 Å². The van der Waals surface area contributed by atoms with E-state index in [9.17, 15) is 4.79 Å². The molecule has 0 aliphatic heterocycles. The molecular weight excluding hydrogens is 250 g/mol. The molecular formula is C13H21NO3S. The van der Waals surface area contributed by atoms with Gasteiger partial charge in [-0.3, -0.25) is 0 Å². The minimum Gasteiger partial charge on any atom is -0.478 e. The van der Waals surface area contributed by atoms with E-state index in [0.717, 1.165) is 36.9 Å². The van der Waals surface area contributed by atoms with Gasteiger partial charge in [0.15, 0.2) is 0 Å². The van der Waals surface area contributed by atoms with Gasteiger partial charge in [-0.1, -0.05) is 13.8 Å². The quantitative estimate of drug-likeness (QED) is 0.737. The molecule has 0 saturated carbocycles. The summed E-state index contributed by atoms with van der Waals surface area (Å²) >= 11 is 1.77. The number of hydrogen-bond donors (Lipinski definition) is 1. The summed E-state index contributed by atoms with van der Waals surface area (Å²) in [5, 5.41) is 8.91. The molecule has 0 aliphatic rings. The van der Waals surface area contributed by atoms with Gasteiger partial charge in [0.25, 0.3) is 0 Å². The Morgan fingerprint density at radius 1 is 1.44 bits per heavy atom. The average Bonchev–Trinajstić information content (AvgIpc) is 2.71. The van der Waals surface area contributed by atoms with Crippen LogP contribution in [0.5, 0.6) is 0 Å². The molecule has 5 heteroatoms. The second-order valence-electron chi connectivity index (χ2n) is 4.07. The Balaban J connectivity index is 2.36. The lowest BCUT2D eigenvalue weighted by Gasteiger charge is -2.16. The molecule has 0 amide bonds. The van der Waals surface area contributed by atoms with E-state index < -0.39 is 5.97 Å². The van der Waals surface area contributed by atoms with E-state index in [2.05, 4.69) is 18.7 Å². The van der Waals surface area contributed by atoms with Gasteiger partial charge in [-0.05, 0) is 26.1 Å². The van der Waals surface area contributed by atoms with Crippen LogP contribution < -0.4 is 0 Å². The van der Waals surface area contributed by atoms with Gasteiger partial charge < -0.3 is 14.4 Å². The molecule has 0 aromatic carbocycles. The zero-order chi connectivity index (χ0) is 13.5. The first kappa shape index (κ1) is 15.1. The minimum atomic E-state index is -0.921. The van der Waals surface area contributed by atoms with Crippen LogP contribution >= 0.6 is 11.8 Å². The molecule has 0 aliphatic carbocycles. The molecule has 1 N–H and O–H groups in total. The van der Waals surface area contributed by atoms with Gasteiger partial charge >= 0.3 is 5.97 Å². The highest BCUT2D eigenvalue weighted by Gasteiger charge is 2.13. The van der Waals surface area contributed by atoms with Gasteiger partial charge in [0.05, 0.1) is 5.75 Å². The standard InChI is InChI=1S/C13H21NO3S/c1-4-14(5-2)6-7-18-9-11-8-12(13(15)16)10(3)17-11/h8H,4-7,9H2,1-3H3,(H,15,16). The maximum absolute atomic E-state index is 10.9. The number of rotatable bonds is 8. The Bertz CT molecular complexity index is 386. The number of carbonyl (C=O) groups is 1. The van der Waals surface area contributed by atoms with Crippen molar-refractivity contribution in [1.29, 1.82) is 0 Å². The number of carboxylic acid groups (broad SMARTS) is 1. The number of hydrogen-bond acceptors (Lipinski definition) is 4. The predicted molar refractivity (Wildman–Crippen MR) is 74.4 cm³/mol. The van der Waals surface area contributed by atoms with Gasteiger partial charge in [0.2, 0.25) is 0 Å². The highest BCUT2D eigenvalue weighted by Crippen LogP contribution is 2.19. The summed E-state index contributed by atoms with van der Waals surface area (Å²) in [6.45, 7) is 9.20. The van der Waals surface area contributed by atoms with Crippen molar-refractivity contribution in [1.82, 2.24) is 4.90 Å². The van der Waals surface area contributed by atoms with Crippen LogP contribution in [-0.4, -0.2) is 41.4 Å². The summed E-state index contributed by atoms with van der Waals surface area (Å²) in [7, 11) is 0. The fraction of sp³-hybridized carbons (Fsp3) is 0.615. The number of aryl methyl sites for hydroxylation is 1. The van der Waals surface area contributed by atoms with Gasteiger partial charge in [0.1, 0.15) is 17.1 Å². The topological polar surface area (TPSA) is 53.7 Å². The van der Waals surface area contributed by atoms with Crippen molar-refractivity contribution in [2.45, 2.75) is 26.5 Å². The lowest BCUT2D eigenvalue weighted by Crippen LogP contribution is -2.25. The van der Waals surface area contributed by atoms with Gasteiger partial charge in [0, 0.05) is 12.3 Å². The maximum Gasteiger partial charge on any atom is 0.339 e. The molecule has 0 saturated heterocycles. The fourth-order valence-corrected chi connectivity index (χ4v) is 2.61. The third kappa shape index (κ3) is 4.38. The Morgan fingerprint density at radius 2 is 2.11 bits per heavy atom. The number of aromatic carboxylic acids is 1. The lowest BCUT2D eigenvalue weighted by molar-refractivity contribution is 0.0695. The van der Waals surface area contributed by atoms with Crippen molar-refractivity contribution < 1.29 is 14.3 Å². The van der Waals surface area contributed by atoms with Gasteiger partial charge in [-0.15, -0.1) is 0 Å². The van der Waals surface area contributed by atoms with Crippen molar-refractivity contribution in [3.05, 3.63) is 23.2 Å². The maximum atomic E-state index is 10.9. The minimum absolute atomic E-state index is 0.273. The largest absolute Gasteiger partial charge is 0.478 e. The summed E-state index contributed by atoms with van der Waals surface area (Å²) in [5.74, 6) is 2.08. The first-order chi connectivity index (χ1) is 8.58. The molecule has 0 atom stereocenters. The molecule has 0 unspecified atom stereocenters. The van der Waals surface area contributed by atoms with Crippen LogP contribution in [0, 0.1) is 6.92 Å². The summed E-state index contributed by atoms with van der Waals surface area (Å²) < 4.78 is 5.42. The Kier molecular flexibility index (Phi) is 6.29. The average molecular weight is 271 g/mol. The summed E-state index contributed by atoms with van der Waals surface area (Å²) in [6, 6.07) is 1.63. The third-order valence-electron chi connectivity index (χ3n) is 2.89. The predicted octanol–water partition coefficient (Wildman–Crippen LogP) is 2.86. The van der Waals surface area contributed by atoms with E-state index in [1.807, 2.05) is 0 Å². The molecule has 0 bridgehead atoms. The fourth-order valence-electron chi connectivity index (χ4n) is 1.73. The lowest BCUT2D eigenvalue weighted by atomic mass is 10.2. The van der Waals surface area contributed by atoms with E-state index in [0.29, 0.717) is 5.76 Å². The summed E-state index contributed by atoms with van der Waals surface area (Å²) in [5.41, 5.74) is 0.273. The smallest absolute Gasteiger partial charge is 0.339 e. The molecule has 0 radical (unpaired) electrons. The molecule has 1 aromatic rings. The molecule has 0 fully saturated rings. The molecule has 18 heavy (non-hydrogen) atoms. The van der Waals surface area contributed by atoms with E-state index in [1.165, 1.54) is 0 Å². The van der Waals surface area contributed by atoms with Crippen LogP contribution in [0.15, 0.2) is 10.5 Å². The van der Waals surface area contributed by atoms with Crippen LogP contribution in [-0.2, 0) is 5.75 Å². The monoisotopic (exact) mass is 271 g/mol. The van der Waals surface area contributed by atoms with Crippen LogP contribution in [0.2, 0.25) is 0 Å². The van der Waals surface area contributed by atoms with Crippen LogP contribution in [0.1, 0.15) is 35.7 Å². The first-order valence-corrected chi connectivity index (χ1v) is 7.36. The Hall–Kier alpha value is -0.940. The molecule has 1 rings (SSSR count). The number of thioether (sulfide) groups is 1. The number of carboxylic acids is 1. The molecule has 1 aromatic heterocycles. The highest BCUT2D eigenvalue weighted by atomic mass is 32.2. The van der Waals surface area contributed by atoms with Crippen molar-refractivity contribution in [2.24, 2.45) is 0 Å². The van der Waals surface area contributed by atoms with Crippen LogP contribution in [0.3, 0.4) is 0 Å². The zero-order valence-electron chi connectivity index (χ0n) is 11.2. The molecule has 1 heterocycles. The molecule has 102 valence electrons. The van der Waals surface area contributed by atoms with Crippen molar-refractivity contribution in [2.75, 3.05) is 25.4 Å². The zero-order valence-corrected chi connectivity index (χ0v) is 12.0. The van der Waals surface area contributed by atoms with E-state index in [-0.39, 0.29) is 5.56 Å². The van der Waals surface area contributed by atoms with E-state index >= 15 is 0 Å². The SMILES string of the molecule is CCN(CC)CCSCc1cc(C(=O)O)c(C)o1.